The summed E-state index contributed by atoms with van der Waals surface area (Å²) in [5.41, 5.74) is 5.02. The number of hydrogen-bond acceptors (Lipinski definition) is 1. The molecule has 0 amide bonds. The quantitative estimate of drug-likeness (QED) is 0.375. The molecule has 4 rings (SSSR count). The van der Waals surface area contributed by atoms with Gasteiger partial charge in [-0.15, -0.1) is 0 Å². The maximum absolute atomic E-state index is 13.8. The molecule has 0 spiro atoms. The van der Waals surface area contributed by atoms with E-state index < -0.39 is 11.6 Å². The Balaban J connectivity index is 1.54. The first-order valence-electron chi connectivity index (χ1n) is 9.22. The second kappa shape index (κ2) is 8.26. The van der Waals surface area contributed by atoms with Crippen LogP contribution in [0.3, 0.4) is 0 Å². The first-order chi connectivity index (χ1) is 14.1. The summed E-state index contributed by atoms with van der Waals surface area (Å²) in [6, 6.07) is 24.0. The lowest BCUT2D eigenvalue weighted by atomic mass is 10.0. The van der Waals surface area contributed by atoms with Crippen molar-refractivity contribution >= 4 is 10.8 Å². The smallest absolute Gasteiger partial charge is 0.166 e. The fourth-order valence-corrected chi connectivity index (χ4v) is 3.19. The maximum atomic E-state index is 13.8. The largest absolute Gasteiger partial charge is 0.380 e. The normalized spacial score (nSPS) is 10.6. The van der Waals surface area contributed by atoms with Crippen molar-refractivity contribution in [1.82, 2.24) is 0 Å². The van der Waals surface area contributed by atoms with Gasteiger partial charge in [-0.3, -0.25) is 0 Å². The van der Waals surface area contributed by atoms with E-state index in [2.05, 4.69) is 36.1 Å². The molecule has 0 N–H and O–H groups in total. The highest BCUT2D eigenvalue weighted by atomic mass is 19.2. The minimum absolute atomic E-state index is 0.261. The fraction of sp³-hybridized carbons (Fsp3) is 0.0769. The minimum Gasteiger partial charge on any atom is -0.380 e. The number of methoxy groups -OCH3 is 1. The van der Waals surface area contributed by atoms with Crippen molar-refractivity contribution in [2.75, 3.05) is 7.11 Å². The highest BCUT2D eigenvalue weighted by molar-refractivity contribution is 5.84. The average Bonchev–Trinajstić information content (AvgIpc) is 2.76. The third-order valence-electron chi connectivity index (χ3n) is 4.74. The van der Waals surface area contributed by atoms with Gasteiger partial charge in [0.15, 0.2) is 11.6 Å². The predicted octanol–water partition coefficient (Wildman–Crippen LogP) is 6.33. The van der Waals surface area contributed by atoms with Gasteiger partial charge >= 0.3 is 0 Å². The van der Waals surface area contributed by atoms with Crippen LogP contribution in [-0.4, -0.2) is 7.11 Å². The number of fused-ring (bicyclic) bond motifs is 1. The summed E-state index contributed by atoms with van der Waals surface area (Å²) in [6.45, 7) is 0.602. The van der Waals surface area contributed by atoms with Crippen molar-refractivity contribution in [2.45, 2.75) is 6.61 Å². The molecule has 0 saturated carbocycles. The van der Waals surface area contributed by atoms with E-state index in [0.717, 1.165) is 33.9 Å². The van der Waals surface area contributed by atoms with Crippen LogP contribution in [0.15, 0.2) is 78.9 Å². The molecule has 0 aliphatic heterocycles. The molecule has 0 heterocycles. The summed E-state index contributed by atoms with van der Waals surface area (Å²) < 4.78 is 32.3. The van der Waals surface area contributed by atoms with E-state index in [-0.39, 0.29) is 5.39 Å². The van der Waals surface area contributed by atoms with E-state index in [9.17, 15) is 8.78 Å². The van der Waals surface area contributed by atoms with Crippen LogP contribution >= 0.6 is 0 Å². The van der Waals surface area contributed by atoms with Crippen molar-refractivity contribution in [1.29, 1.82) is 0 Å². The predicted molar refractivity (Wildman–Crippen MR) is 112 cm³/mol. The number of rotatable bonds is 3. The van der Waals surface area contributed by atoms with Crippen LogP contribution in [-0.2, 0) is 11.3 Å². The van der Waals surface area contributed by atoms with Crippen LogP contribution < -0.4 is 0 Å². The standard InChI is InChI=1S/C26H18F2O/c1-29-17-20-6-11-22(12-7-20)21-9-4-18(5-10-21)2-3-19-8-14-24-23(16-19)13-15-25(27)26(24)28/h4-16H,17H2,1H3. The Labute approximate surface area is 168 Å². The Morgan fingerprint density at radius 3 is 2.03 bits per heavy atom. The number of benzene rings is 4. The molecule has 0 atom stereocenters. The SMILES string of the molecule is COCc1ccc(-c2ccc(C#Cc3ccc4c(F)c(F)ccc4c3)cc2)cc1. The Bertz CT molecular complexity index is 1210. The number of halogens is 2. The van der Waals surface area contributed by atoms with Crippen molar-refractivity contribution < 1.29 is 13.5 Å². The molecule has 0 aliphatic carbocycles. The molecule has 4 aromatic carbocycles. The minimum atomic E-state index is -0.843. The first kappa shape index (κ1) is 18.9. The molecule has 0 saturated heterocycles. The van der Waals surface area contributed by atoms with Crippen LogP contribution in [0, 0.1) is 23.5 Å². The van der Waals surface area contributed by atoms with Gasteiger partial charge in [-0.25, -0.2) is 8.78 Å². The van der Waals surface area contributed by atoms with Crippen molar-refractivity contribution in [3.05, 3.63) is 107 Å². The highest BCUT2D eigenvalue weighted by Crippen LogP contribution is 2.22. The van der Waals surface area contributed by atoms with Gasteiger partial charge in [-0.2, -0.15) is 0 Å². The maximum Gasteiger partial charge on any atom is 0.166 e. The van der Waals surface area contributed by atoms with Crippen LogP contribution in [0.5, 0.6) is 0 Å². The van der Waals surface area contributed by atoms with Gasteiger partial charge in [0.05, 0.1) is 6.61 Å². The van der Waals surface area contributed by atoms with Gasteiger partial charge in [0.2, 0.25) is 0 Å². The van der Waals surface area contributed by atoms with E-state index in [1.807, 2.05) is 24.3 Å². The van der Waals surface area contributed by atoms with Gasteiger partial charge in [0.1, 0.15) is 0 Å². The highest BCUT2D eigenvalue weighted by Gasteiger charge is 2.06. The third kappa shape index (κ3) is 4.18. The van der Waals surface area contributed by atoms with Gasteiger partial charge < -0.3 is 4.74 Å². The lowest BCUT2D eigenvalue weighted by Crippen LogP contribution is -1.87. The Kier molecular flexibility index (Phi) is 5.37. The summed E-state index contributed by atoms with van der Waals surface area (Å²) in [5, 5.41) is 0.888. The zero-order valence-corrected chi connectivity index (χ0v) is 15.9. The molecule has 0 radical (unpaired) electrons. The lowest BCUT2D eigenvalue weighted by Gasteiger charge is -2.04. The van der Waals surface area contributed by atoms with Gasteiger partial charge in [0, 0.05) is 23.6 Å². The third-order valence-corrected chi connectivity index (χ3v) is 4.74. The second-order valence-electron chi connectivity index (χ2n) is 6.75. The average molecular weight is 384 g/mol. The summed E-state index contributed by atoms with van der Waals surface area (Å²) in [5.74, 6) is 4.54. The molecule has 3 heteroatoms. The van der Waals surface area contributed by atoms with E-state index >= 15 is 0 Å². The topological polar surface area (TPSA) is 9.23 Å². The summed E-state index contributed by atoms with van der Waals surface area (Å²) >= 11 is 0. The fourth-order valence-electron chi connectivity index (χ4n) is 3.19. The van der Waals surface area contributed by atoms with E-state index in [1.54, 1.807) is 31.4 Å². The Morgan fingerprint density at radius 2 is 1.34 bits per heavy atom. The lowest BCUT2D eigenvalue weighted by molar-refractivity contribution is 0.185. The van der Waals surface area contributed by atoms with E-state index in [1.165, 1.54) is 0 Å². The number of ether oxygens (including phenoxy) is 1. The Hall–Kier alpha value is -3.48. The molecule has 142 valence electrons. The van der Waals surface area contributed by atoms with Crippen LogP contribution in [0.4, 0.5) is 8.78 Å². The first-order valence-corrected chi connectivity index (χ1v) is 9.22. The summed E-state index contributed by atoms with van der Waals surface area (Å²) in [6.07, 6.45) is 0. The molecule has 4 aromatic rings. The molecule has 0 aromatic heterocycles. The van der Waals surface area contributed by atoms with Crippen molar-refractivity contribution in [2.24, 2.45) is 0 Å². The molecule has 0 unspecified atom stereocenters. The number of hydrogen-bond donors (Lipinski definition) is 0. The molecular weight excluding hydrogens is 366 g/mol. The van der Waals surface area contributed by atoms with Crippen molar-refractivity contribution in [3.8, 4) is 23.0 Å². The molecule has 1 nitrogen and oxygen atoms in total. The molecule has 0 bridgehead atoms. The summed E-state index contributed by atoms with van der Waals surface area (Å²) in [7, 11) is 1.68. The van der Waals surface area contributed by atoms with E-state index in [0.29, 0.717) is 12.0 Å². The molecular formula is C26H18F2O. The van der Waals surface area contributed by atoms with Crippen LogP contribution in [0.1, 0.15) is 16.7 Å². The van der Waals surface area contributed by atoms with Gasteiger partial charge in [-0.05, 0) is 52.4 Å². The zero-order chi connectivity index (χ0) is 20.2. The van der Waals surface area contributed by atoms with E-state index in [4.69, 9.17) is 4.74 Å². The van der Waals surface area contributed by atoms with Gasteiger partial charge in [-0.1, -0.05) is 60.4 Å². The Morgan fingerprint density at radius 1 is 0.724 bits per heavy atom. The molecule has 0 aliphatic rings. The van der Waals surface area contributed by atoms with Crippen molar-refractivity contribution in [3.63, 3.8) is 0 Å². The van der Waals surface area contributed by atoms with Crippen LogP contribution in [0.2, 0.25) is 0 Å². The monoisotopic (exact) mass is 384 g/mol. The van der Waals surface area contributed by atoms with Crippen LogP contribution in [0.25, 0.3) is 21.9 Å². The molecule has 29 heavy (non-hydrogen) atoms. The zero-order valence-electron chi connectivity index (χ0n) is 15.9. The van der Waals surface area contributed by atoms with Gasteiger partial charge in [0.25, 0.3) is 0 Å². The second-order valence-corrected chi connectivity index (χ2v) is 6.75. The molecule has 0 fully saturated rings. The summed E-state index contributed by atoms with van der Waals surface area (Å²) in [4.78, 5) is 0.